The molecule has 2 heterocycles. The summed E-state index contributed by atoms with van der Waals surface area (Å²) in [6.07, 6.45) is 7.15. The van der Waals surface area contributed by atoms with E-state index in [0.29, 0.717) is 11.6 Å². The van der Waals surface area contributed by atoms with E-state index in [1.54, 1.807) is 14.0 Å². The SMILES string of the molecule is C=C(N)C1Cc2cc(OC)ccc2-c2c(C3CCCCC3)c3ccc(C(C)=O)cc3n2C1. The largest absolute Gasteiger partial charge is 0.497 e. The maximum Gasteiger partial charge on any atom is 0.159 e. The lowest BCUT2D eigenvalue weighted by molar-refractivity contribution is 0.101. The normalized spacial score (nSPS) is 18.6. The first kappa shape index (κ1) is 20.9. The van der Waals surface area contributed by atoms with Gasteiger partial charge in [-0.25, -0.2) is 0 Å². The van der Waals surface area contributed by atoms with E-state index in [2.05, 4.69) is 41.5 Å². The Bertz CT molecular complexity index is 1210. The van der Waals surface area contributed by atoms with Crippen molar-refractivity contribution in [2.75, 3.05) is 7.11 Å². The molecule has 5 rings (SSSR count). The molecule has 1 atom stereocenters. The van der Waals surface area contributed by atoms with Crippen molar-refractivity contribution in [1.82, 2.24) is 4.57 Å². The zero-order chi connectivity index (χ0) is 22.4. The Balaban J connectivity index is 1.85. The Labute approximate surface area is 190 Å². The summed E-state index contributed by atoms with van der Waals surface area (Å²) >= 11 is 0. The van der Waals surface area contributed by atoms with Crippen molar-refractivity contribution in [3.05, 3.63) is 65.4 Å². The number of nitrogens with zero attached hydrogens (tertiary/aromatic N) is 1. The van der Waals surface area contributed by atoms with Crippen molar-refractivity contribution in [1.29, 1.82) is 0 Å². The van der Waals surface area contributed by atoms with E-state index in [1.165, 1.54) is 59.9 Å². The van der Waals surface area contributed by atoms with Crippen molar-refractivity contribution >= 4 is 16.7 Å². The van der Waals surface area contributed by atoms with E-state index >= 15 is 0 Å². The predicted octanol–water partition coefficient (Wildman–Crippen LogP) is 6.21. The first-order chi connectivity index (χ1) is 15.5. The molecule has 166 valence electrons. The predicted molar refractivity (Wildman–Crippen MR) is 130 cm³/mol. The second-order valence-corrected chi connectivity index (χ2v) is 9.49. The fraction of sp³-hybridized carbons (Fsp3) is 0.393. The van der Waals surface area contributed by atoms with Crippen LogP contribution in [0.5, 0.6) is 5.75 Å². The number of allylic oxidation sites excluding steroid dienone is 1. The van der Waals surface area contributed by atoms with Gasteiger partial charge in [-0.15, -0.1) is 0 Å². The van der Waals surface area contributed by atoms with Crippen LogP contribution in [-0.2, 0) is 13.0 Å². The summed E-state index contributed by atoms with van der Waals surface area (Å²) in [6.45, 7) is 6.52. The molecule has 3 aromatic rings. The molecule has 2 aromatic carbocycles. The van der Waals surface area contributed by atoms with Gasteiger partial charge in [-0.2, -0.15) is 0 Å². The van der Waals surface area contributed by atoms with Crippen molar-refractivity contribution in [2.45, 2.75) is 57.9 Å². The number of nitrogens with two attached hydrogens (primary N) is 1. The monoisotopic (exact) mass is 428 g/mol. The summed E-state index contributed by atoms with van der Waals surface area (Å²) in [4.78, 5) is 12.2. The second kappa shape index (κ2) is 8.16. The van der Waals surface area contributed by atoms with E-state index in [0.717, 1.165) is 29.8 Å². The molecule has 1 aliphatic heterocycles. The number of Topliss-reactive ketones (excluding diaryl/α,β-unsaturated/α-hetero) is 1. The van der Waals surface area contributed by atoms with Gasteiger partial charge < -0.3 is 15.0 Å². The third-order valence-electron chi connectivity index (χ3n) is 7.48. The average molecular weight is 429 g/mol. The first-order valence-electron chi connectivity index (χ1n) is 11.8. The molecule has 2 aliphatic rings. The van der Waals surface area contributed by atoms with Crippen molar-refractivity contribution in [3.8, 4) is 17.0 Å². The standard InChI is InChI=1S/C28H32N2O2/c1-17(29)22-13-21-14-23(32-3)10-12-24(21)28-27(19-7-5-4-6-8-19)25-11-9-20(18(2)31)15-26(25)30(28)16-22/h9-12,14-15,19,22H,1,4-8,13,16,29H2,2-3H3. The quantitative estimate of drug-likeness (QED) is 0.503. The molecule has 1 aliphatic carbocycles. The number of hydrogen-bond donors (Lipinski definition) is 1. The van der Waals surface area contributed by atoms with Gasteiger partial charge in [0.2, 0.25) is 0 Å². The number of fused-ring (bicyclic) bond motifs is 5. The van der Waals surface area contributed by atoms with Gasteiger partial charge in [-0.3, -0.25) is 4.79 Å². The van der Waals surface area contributed by atoms with Crippen LogP contribution in [0.15, 0.2) is 48.7 Å². The fourth-order valence-corrected chi connectivity index (χ4v) is 5.78. The van der Waals surface area contributed by atoms with E-state index in [9.17, 15) is 4.79 Å². The van der Waals surface area contributed by atoms with Crippen molar-refractivity contribution in [2.24, 2.45) is 11.7 Å². The van der Waals surface area contributed by atoms with Gasteiger partial charge in [-0.05, 0) is 67.5 Å². The molecule has 4 nitrogen and oxygen atoms in total. The van der Waals surface area contributed by atoms with Gasteiger partial charge >= 0.3 is 0 Å². The maximum atomic E-state index is 12.2. The van der Waals surface area contributed by atoms with Crippen molar-refractivity contribution < 1.29 is 9.53 Å². The number of ether oxygens (including phenoxy) is 1. The molecule has 2 N–H and O–H groups in total. The van der Waals surface area contributed by atoms with E-state index in [-0.39, 0.29) is 11.7 Å². The van der Waals surface area contributed by atoms with Crippen LogP contribution in [0.2, 0.25) is 0 Å². The van der Waals surface area contributed by atoms with Crippen LogP contribution < -0.4 is 10.5 Å². The second-order valence-electron chi connectivity index (χ2n) is 9.49. The van der Waals surface area contributed by atoms with Gasteiger partial charge in [0.25, 0.3) is 0 Å². The molecule has 0 bridgehead atoms. The Morgan fingerprint density at radius 3 is 2.59 bits per heavy atom. The summed E-state index contributed by atoms with van der Waals surface area (Å²) in [5.41, 5.74) is 14.2. The lowest BCUT2D eigenvalue weighted by atomic mass is 9.81. The molecule has 0 saturated heterocycles. The minimum atomic E-state index is 0.0974. The molecule has 0 spiro atoms. The average Bonchev–Trinajstić information content (AvgIpc) is 3.01. The highest BCUT2D eigenvalue weighted by molar-refractivity contribution is 6.01. The van der Waals surface area contributed by atoms with Crippen LogP contribution in [0, 0.1) is 5.92 Å². The molecular formula is C28H32N2O2. The van der Waals surface area contributed by atoms with E-state index < -0.39 is 0 Å². The minimum Gasteiger partial charge on any atom is -0.497 e. The summed E-state index contributed by atoms with van der Waals surface area (Å²) in [5, 5.41) is 1.28. The molecule has 1 saturated carbocycles. The smallest absolute Gasteiger partial charge is 0.159 e. The molecule has 1 fully saturated rings. The molecular weight excluding hydrogens is 396 g/mol. The number of hydrogen-bond acceptors (Lipinski definition) is 3. The Kier molecular flexibility index (Phi) is 5.32. The Hall–Kier alpha value is -3.01. The fourth-order valence-electron chi connectivity index (χ4n) is 5.78. The summed E-state index contributed by atoms with van der Waals surface area (Å²) in [7, 11) is 1.71. The van der Waals surface area contributed by atoms with Crippen LogP contribution in [0.4, 0.5) is 0 Å². The van der Waals surface area contributed by atoms with Gasteiger partial charge in [0.1, 0.15) is 5.75 Å². The third-order valence-corrected chi connectivity index (χ3v) is 7.48. The summed E-state index contributed by atoms with van der Waals surface area (Å²) < 4.78 is 7.98. The van der Waals surface area contributed by atoms with Crippen LogP contribution in [-0.4, -0.2) is 17.5 Å². The molecule has 1 aromatic heterocycles. The number of methoxy groups -OCH3 is 1. The highest BCUT2D eigenvalue weighted by atomic mass is 16.5. The highest BCUT2D eigenvalue weighted by Crippen LogP contribution is 2.47. The maximum absolute atomic E-state index is 12.2. The number of carbonyl (C=O) groups excluding carboxylic acids is 1. The summed E-state index contributed by atoms with van der Waals surface area (Å²) in [6, 6.07) is 12.7. The van der Waals surface area contributed by atoms with Crippen LogP contribution in [0.1, 0.15) is 66.4 Å². The zero-order valence-electron chi connectivity index (χ0n) is 19.1. The molecule has 1 unspecified atom stereocenters. The molecule has 4 heteroatoms. The number of carbonyl (C=O) groups is 1. The molecule has 32 heavy (non-hydrogen) atoms. The number of rotatable bonds is 4. The Morgan fingerprint density at radius 2 is 1.91 bits per heavy atom. The lowest BCUT2D eigenvalue weighted by Crippen LogP contribution is -2.18. The summed E-state index contributed by atoms with van der Waals surface area (Å²) in [5.74, 6) is 1.63. The van der Waals surface area contributed by atoms with Gasteiger partial charge in [-0.1, -0.05) is 38.0 Å². The number of ketones is 1. The van der Waals surface area contributed by atoms with E-state index in [1.807, 2.05) is 6.07 Å². The first-order valence-corrected chi connectivity index (χ1v) is 11.8. The highest BCUT2D eigenvalue weighted by Gasteiger charge is 2.31. The zero-order valence-corrected chi connectivity index (χ0v) is 19.1. The number of aromatic nitrogens is 1. The van der Waals surface area contributed by atoms with Gasteiger partial charge in [0, 0.05) is 40.2 Å². The van der Waals surface area contributed by atoms with Gasteiger partial charge in [0.05, 0.1) is 12.8 Å². The molecule has 0 radical (unpaired) electrons. The molecule has 0 amide bonds. The van der Waals surface area contributed by atoms with Crippen LogP contribution >= 0.6 is 0 Å². The van der Waals surface area contributed by atoms with Gasteiger partial charge in [0.15, 0.2) is 5.78 Å². The van der Waals surface area contributed by atoms with Crippen LogP contribution in [0.25, 0.3) is 22.2 Å². The van der Waals surface area contributed by atoms with Crippen LogP contribution in [0.3, 0.4) is 0 Å². The topological polar surface area (TPSA) is 57.2 Å². The Morgan fingerprint density at radius 1 is 1.12 bits per heavy atom. The third kappa shape index (κ3) is 3.42. The number of benzene rings is 2. The lowest BCUT2D eigenvalue weighted by Gasteiger charge is -2.24. The van der Waals surface area contributed by atoms with Crippen molar-refractivity contribution in [3.63, 3.8) is 0 Å². The van der Waals surface area contributed by atoms with E-state index in [4.69, 9.17) is 10.5 Å². The minimum absolute atomic E-state index is 0.0974.